The molecule has 1 aliphatic rings. The Morgan fingerprint density at radius 3 is 2.84 bits per heavy atom. The van der Waals surface area contributed by atoms with Gasteiger partial charge < -0.3 is 9.47 Å². The van der Waals surface area contributed by atoms with E-state index in [1.54, 1.807) is 24.8 Å². The number of benzene rings is 1. The lowest BCUT2D eigenvalue weighted by molar-refractivity contribution is 0.202. The standard InChI is InChI=1S/C20H22N2O2S/c1-13-3-8-16-17(11-13)25-20-18(16)19(21-12-22-20)24-15-6-4-14(5-7-15)9-10-23-2/h4-7,12-13H,3,8-11H2,1-2H3/t13-/m1/s1. The maximum Gasteiger partial charge on any atom is 0.231 e. The van der Waals surface area contributed by atoms with E-state index in [1.165, 1.54) is 22.4 Å². The average Bonchev–Trinajstić information content (AvgIpc) is 2.99. The van der Waals surface area contributed by atoms with Crippen LogP contribution in [-0.2, 0) is 24.0 Å². The van der Waals surface area contributed by atoms with Gasteiger partial charge in [-0.15, -0.1) is 11.3 Å². The van der Waals surface area contributed by atoms with Crippen LogP contribution < -0.4 is 4.74 Å². The van der Waals surface area contributed by atoms with Crippen LogP contribution in [0.3, 0.4) is 0 Å². The molecule has 5 heteroatoms. The second-order valence-corrected chi connectivity index (χ2v) is 7.78. The van der Waals surface area contributed by atoms with Crippen LogP contribution in [0.4, 0.5) is 0 Å². The topological polar surface area (TPSA) is 44.2 Å². The Bertz CT molecular complexity index is 873. The normalized spacial score (nSPS) is 16.8. The molecule has 0 saturated heterocycles. The zero-order valence-electron chi connectivity index (χ0n) is 14.6. The molecule has 1 aromatic carbocycles. The van der Waals surface area contributed by atoms with Crippen LogP contribution in [0.25, 0.3) is 10.2 Å². The van der Waals surface area contributed by atoms with Gasteiger partial charge in [0.05, 0.1) is 12.0 Å². The van der Waals surface area contributed by atoms with Crippen LogP contribution in [0.5, 0.6) is 11.6 Å². The minimum absolute atomic E-state index is 0.682. The van der Waals surface area contributed by atoms with Gasteiger partial charge in [-0.05, 0) is 54.9 Å². The monoisotopic (exact) mass is 354 g/mol. The maximum atomic E-state index is 6.13. The molecule has 1 aliphatic carbocycles. The van der Waals surface area contributed by atoms with E-state index >= 15 is 0 Å². The van der Waals surface area contributed by atoms with Crippen molar-refractivity contribution in [1.82, 2.24) is 9.97 Å². The largest absolute Gasteiger partial charge is 0.438 e. The van der Waals surface area contributed by atoms with Crippen LogP contribution in [-0.4, -0.2) is 23.7 Å². The zero-order valence-corrected chi connectivity index (χ0v) is 15.4. The molecule has 0 spiro atoms. The van der Waals surface area contributed by atoms with E-state index < -0.39 is 0 Å². The van der Waals surface area contributed by atoms with Crippen molar-refractivity contribution < 1.29 is 9.47 Å². The predicted octanol–water partition coefficient (Wildman–Crippen LogP) is 4.80. The van der Waals surface area contributed by atoms with Crippen molar-refractivity contribution in [1.29, 1.82) is 0 Å². The summed E-state index contributed by atoms with van der Waals surface area (Å²) in [6.07, 6.45) is 5.97. The molecule has 4 nitrogen and oxygen atoms in total. The molecule has 0 unspecified atom stereocenters. The minimum atomic E-state index is 0.682. The molecule has 0 N–H and O–H groups in total. The molecule has 4 rings (SSSR count). The number of methoxy groups -OCH3 is 1. The van der Waals surface area contributed by atoms with E-state index in [1.807, 2.05) is 12.1 Å². The zero-order chi connectivity index (χ0) is 17.2. The maximum absolute atomic E-state index is 6.13. The highest BCUT2D eigenvalue weighted by Gasteiger charge is 2.23. The molecule has 3 aromatic rings. The van der Waals surface area contributed by atoms with Gasteiger partial charge >= 0.3 is 0 Å². The first kappa shape index (κ1) is 16.5. The van der Waals surface area contributed by atoms with E-state index in [0.29, 0.717) is 5.88 Å². The van der Waals surface area contributed by atoms with Gasteiger partial charge in [-0.2, -0.15) is 0 Å². The summed E-state index contributed by atoms with van der Waals surface area (Å²) in [5, 5.41) is 1.11. The molecule has 0 saturated carbocycles. The number of aromatic nitrogens is 2. The minimum Gasteiger partial charge on any atom is -0.438 e. The van der Waals surface area contributed by atoms with Gasteiger partial charge in [0.15, 0.2) is 0 Å². The number of thiophene rings is 1. The SMILES string of the molecule is COCCc1ccc(Oc2ncnc3sc4c(c23)CC[C@@H](C)C4)cc1. The fourth-order valence-electron chi connectivity index (χ4n) is 3.38. The lowest BCUT2D eigenvalue weighted by Crippen LogP contribution is -2.08. The molecule has 1 atom stereocenters. The fraction of sp³-hybridized carbons (Fsp3) is 0.400. The Morgan fingerprint density at radius 1 is 1.20 bits per heavy atom. The smallest absolute Gasteiger partial charge is 0.231 e. The van der Waals surface area contributed by atoms with Gasteiger partial charge in [-0.25, -0.2) is 9.97 Å². The first-order valence-corrected chi connectivity index (χ1v) is 9.57. The van der Waals surface area contributed by atoms with Crippen LogP contribution >= 0.6 is 11.3 Å². The molecule has 2 heterocycles. The van der Waals surface area contributed by atoms with Crippen LogP contribution in [0.15, 0.2) is 30.6 Å². The molecule has 25 heavy (non-hydrogen) atoms. The Labute approximate surface area is 151 Å². The summed E-state index contributed by atoms with van der Waals surface area (Å²) in [5.74, 6) is 2.24. The van der Waals surface area contributed by atoms with Gasteiger partial charge in [-0.1, -0.05) is 19.1 Å². The van der Waals surface area contributed by atoms with E-state index in [-0.39, 0.29) is 0 Å². The summed E-state index contributed by atoms with van der Waals surface area (Å²) in [7, 11) is 1.72. The van der Waals surface area contributed by atoms with E-state index in [2.05, 4.69) is 29.0 Å². The van der Waals surface area contributed by atoms with Crippen molar-refractivity contribution in [2.75, 3.05) is 13.7 Å². The third kappa shape index (κ3) is 3.39. The lowest BCUT2D eigenvalue weighted by Gasteiger charge is -2.18. The highest BCUT2D eigenvalue weighted by molar-refractivity contribution is 7.18. The quantitative estimate of drug-likeness (QED) is 0.660. The number of rotatable bonds is 5. The predicted molar refractivity (Wildman–Crippen MR) is 101 cm³/mol. The summed E-state index contributed by atoms with van der Waals surface area (Å²) in [4.78, 5) is 11.4. The van der Waals surface area contributed by atoms with Crippen molar-refractivity contribution in [2.24, 2.45) is 5.92 Å². The van der Waals surface area contributed by atoms with E-state index in [9.17, 15) is 0 Å². The van der Waals surface area contributed by atoms with E-state index in [4.69, 9.17) is 9.47 Å². The Balaban J connectivity index is 1.63. The molecule has 2 aromatic heterocycles. The number of hydrogen-bond donors (Lipinski definition) is 0. The van der Waals surface area contributed by atoms with Crippen molar-refractivity contribution >= 4 is 21.6 Å². The second-order valence-electron chi connectivity index (χ2n) is 6.70. The molecule has 0 amide bonds. The highest BCUT2D eigenvalue weighted by Crippen LogP contribution is 2.41. The molecule has 0 bridgehead atoms. The Kier molecular flexibility index (Phi) is 4.68. The summed E-state index contributed by atoms with van der Waals surface area (Å²) in [6, 6.07) is 8.16. The third-order valence-corrected chi connectivity index (χ3v) is 5.95. The van der Waals surface area contributed by atoms with Crippen LogP contribution in [0.2, 0.25) is 0 Å². The molecular formula is C20H22N2O2S. The first-order chi connectivity index (χ1) is 12.2. The average molecular weight is 354 g/mol. The summed E-state index contributed by atoms with van der Waals surface area (Å²) < 4.78 is 11.3. The molecule has 130 valence electrons. The number of fused-ring (bicyclic) bond motifs is 3. The number of ether oxygens (including phenoxy) is 2. The van der Waals surface area contributed by atoms with Crippen LogP contribution in [0, 0.1) is 5.92 Å². The van der Waals surface area contributed by atoms with Gasteiger partial charge in [0, 0.05) is 12.0 Å². The Morgan fingerprint density at radius 2 is 2.04 bits per heavy atom. The van der Waals surface area contributed by atoms with Crippen molar-refractivity contribution in [3.8, 4) is 11.6 Å². The molecular weight excluding hydrogens is 332 g/mol. The van der Waals surface area contributed by atoms with Gasteiger partial charge in [0.1, 0.15) is 16.9 Å². The number of hydrogen-bond acceptors (Lipinski definition) is 5. The number of aryl methyl sites for hydroxylation is 1. The Hall–Kier alpha value is -1.98. The van der Waals surface area contributed by atoms with Gasteiger partial charge in [-0.3, -0.25) is 0 Å². The van der Waals surface area contributed by atoms with Crippen molar-refractivity contribution in [3.63, 3.8) is 0 Å². The molecule has 0 aliphatic heterocycles. The fourth-order valence-corrected chi connectivity index (χ4v) is 4.72. The van der Waals surface area contributed by atoms with Gasteiger partial charge in [0.2, 0.25) is 5.88 Å². The van der Waals surface area contributed by atoms with Gasteiger partial charge in [0.25, 0.3) is 0 Å². The number of nitrogens with zero attached hydrogens (tertiary/aromatic N) is 2. The summed E-state index contributed by atoms with van der Waals surface area (Å²) in [5.41, 5.74) is 2.63. The molecule has 0 radical (unpaired) electrons. The lowest BCUT2D eigenvalue weighted by atomic mass is 9.89. The third-order valence-electron chi connectivity index (χ3n) is 4.79. The highest BCUT2D eigenvalue weighted by atomic mass is 32.1. The van der Waals surface area contributed by atoms with Crippen molar-refractivity contribution in [3.05, 3.63) is 46.6 Å². The first-order valence-electron chi connectivity index (χ1n) is 8.75. The van der Waals surface area contributed by atoms with Crippen molar-refractivity contribution in [2.45, 2.75) is 32.6 Å². The van der Waals surface area contributed by atoms with E-state index in [0.717, 1.165) is 47.8 Å². The summed E-state index contributed by atoms with van der Waals surface area (Å²) >= 11 is 1.79. The second kappa shape index (κ2) is 7.10. The summed E-state index contributed by atoms with van der Waals surface area (Å²) in [6.45, 7) is 3.05. The van der Waals surface area contributed by atoms with Crippen LogP contribution in [0.1, 0.15) is 29.3 Å². The molecule has 0 fully saturated rings.